The highest BCUT2D eigenvalue weighted by atomic mass is 16.1. The quantitative estimate of drug-likeness (QED) is 0.712. The molecule has 0 spiro atoms. The highest BCUT2D eigenvalue weighted by Crippen LogP contribution is 1.89. The molecule has 0 aliphatic carbocycles. The number of rotatable bonds is 0. The molecule has 2 rings (SSSR count). The third kappa shape index (κ3) is 7.32. The van der Waals surface area contributed by atoms with Crippen LogP contribution in [0.1, 0.15) is 13.8 Å². The minimum Gasteiger partial charge on any atom is -0.384 e. The Hall–Kier alpha value is -2.10. The summed E-state index contributed by atoms with van der Waals surface area (Å²) in [4.78, 5) is 16.4. The summed E-state index contributed by atoms with van der Waals surface area (Å²) >= 11 is 0. The normalized spacial score (nSPS) is 7.88. The Morgan fingerprint density at radius 3 is 2.06 bits per heavy atom. The van der Waals surface area contributed by atoms with Gasteiger partial charge in [-0.15, -0.1) is 0 Å². The zero-order valence-electron chi connectivity index (χ0n) is 9.55. The number of aromatic amines is 1. The summed E-state index contributed by atoms with van der Waals surface area (Å²) < 4.78 is 0. The largest absolute Gasteiger partial charge is 0.384 e. The number of H-pyrrole nitrogens is 1. The van der Waals surface area contributed by atoms with Crippen LogP contribution in [0.3, 0.4) is 0 Å². The van der Waals surface area contributed by atoms with Crippen molar-refractivity contribution in [2.45, 2.75) is 13.8 Å². The summed E-state index contributed by atoms with van der Waals surface area (Å²) in [5.74, 6) is 0.572. The Kier molecular flexibility index (Phi) is 8.21. The lowest BCUT2D eigenvalue weighted by Crippen LogP contribution is -1.98. The van der Waals surface area contributed by atoms with E-state index in [0.29, 0.717) is 5.82 Å². The first-order chi connectivity index (χ1) is 7.79. The van der Waals surface area contributed by atoms with Gasteiger partial charge in [-0.3, -0.25) is 4.79 Å². The Morgan fingerprint density at radius 1 is 1.12 bits per heavy atom. The molecular formula is C12H17N3O. The summed E-state index contributed by atoms with van der Waals surface area (Å²) in [5, 5.41) is 0. The second-order valence-corrected chi connectivity index (χ2v) is 2.48. The van der Waals surface area contributed by atoms with Gasteiger partial charge >= 0.3 is 0 Å². The number of hydrogen-bond acceptors (Lipinski definition) is 3. The molecule has 4 nitrogen and oxygen atoms in total. The average Bonchev–Trinajstić information content (AvgIpc) is 2.34. The Balaban J connectivity index is 0.000000244. The van der Waals surface area contributed by atoms with Crippen molar-refractivity contribution in [2.75, 3.05) is 5.73 Å². The monoisotopic (exact) mass is 219 g/mol. The van der Waals surface area contributed by atoms with E-state index in [9.17, 15) is 4.79 Å². The number of nitrogen functional groups attached to an aromatic ring is 1. The number of nitrogens with one attached hydrogen (secondary N) is 1. The standard InChI is InChI=1S/C5H6N2.C5H5NO.C2H6/c6-5-3-1-2-4-7-5;7-5-3-1-2-4-6-5;1-2/h1-4H,(H2,6,7);1-4H,(H,6,7);1-2H3. The van der Waals surface area contributed by atoms with E-state index in [1.165, 1.54) is 6.07 Å². The zero-order chi connectivity index (χ0) is 12.2. The molecule has 2 heterocycles. The van der Waals surface area contributed by atoms with Crippen molar-refractivity contribution in [1.82, 2.24) is 9.97 Å². The van der Waals surface area contributed by atoms with Crippen molar-refractivity contribution in [2.24, 2.45) is 0 Å². The van der Waals surface area contributed by atoms with Gasteiger partial charge in [0.15, 0.2) is 0 Å². The number of pyridine rings is 2. The summed E-state index contributed by atoms with van der Waals surface area (Å²) in [6.45, 7) is 4.00. The lowest BCUT2D eigenvalue weighted by Gasteiger charge is -1.82. The molecule has 0 bridgehead atoms. The lowest BCUT2D eigenvalue weighted by molar-refractivity contribution is 1.24. The van der Waals surface area contributed by atoms with Crippen LogP contribution in [0.5, 0.6) is 0 Å². The molecule has 0 atom stereocenters. The first-order valence-electron chi connectivity index (χ1n) is 5.09. The summed E-state index contributed by atoms with van der Waals surface area (Å²) in [6.07, 6.45) is 3.26. The van der Waals surface area contributed by atoms with Gasteiger partial charge in [0.2, 0.25) is 5.56 Å². The van der Waals surface area contributed by atoms with Crippen LogP contribution in [-0.4, -0.2) is 9.97 Å². The van der Waals surface area contributed by atoms with Gasteiger partial charge in [0.25, 0.3) is 0 Å². The first-order valence-corrected chi connectivity index (χ1v) is 5.09. The van der Waals surface area contributed by atoms with Gasteiger partial charge in [0, 0.05) is 18.5 Å². The summed E-state index contributed by atoms with van der Waals surface area (Å²) in [5.41, 5.74) is 5.19. The van der Waals surface area contributed by atoms with E-state index in [0.717, 1.165) is 0 Å². The Labute approximate surface area is 95.2 Å². The molecule has 3 N–H and O–H groups in total. The minimum atomic E-state index is -0.0532. The van der Waals surface area contributed by atoms with Crippen molar-refractivity contribution >= 4 is 5.82 Å². The molecule has 2 aromatic heterocycles. The van der Waals surface area contributed by atoms with Gasteiger partial charge in [0.05, 0.1) is 0 Å². The molecule has 0 amide bonds. The third-order valence-corrected chi connectivity index (χ3v) is 1.37. The topological polar surface area (TPSA) is 71.8 Å². The molecule has 86 valence electrons. The van der Waals surface area contributed by atoms with Gasteiger partial charge in [-0.05, 0) is 18.2 Å². The summed E-state index contributed by atoms with van der Waals surface area (Å²) in [7, 11) is 0. The van der Waals surface area contributed by atoms with Crippen molar-refractivity contribution in [3.8, 4) is 0 Å². The molecule has 0 fully saturated rings. The van der Waals surface area contributed by atoms with Crippen LogP contribution in [-0.2, 0) is 0 Å². The van der Waals surface area contributed by atoms with Gasteiger partial charge in [-0.1, -0.05) is 26.0 Å². The van der Waals surface area contributed by atoms with E-state index in [4.69, 9.17) is 5.73 Å². The molecule has 0 saturated heterocycles. The molecule has 0 aromatic carbocycles. The predicted molar refractivity (Wildman–Crippen MR) is 67.1 cm³/mol. The van der Waals surface area contributed by atoms with Crippen LogP contribution < -0.4 is 11.3 Å². The van der Waals surface area contributed by atoms with E-state index < -0.39 is 0 Å². The molecule has 0 unspecified atom stereocenters. The molecule has 0 saturated carbocycles. The number of anilines is 1. The average molecular weight is 219 g/mol. The molecule has 0 aliphatic rings. The van der Waals surface area contributed by atoms with Gasteiger partial charge in [-0.25, -0.2) is 4.98 Å². The van der Waals surface area contributed by atoms with Crippen molar-refractivity contribution < 1.29 is 0 Å². The number of aromatic nitrogens is 2. The van der Waals surface area contributed by atoms with Crippen molar-refractivity contribution in [3.05, 3.63) is 59.1 Å². The van der Waals surface area contributed by atoms with Crippen LogP contribution in [0.2, 0.25) is 0 Å². The lowest BCUT2D eigenvalue weighted by atomic mass is 10.5. The van der Waals surface area contributed by atoms with Gasteiger partial charge in [-0.2, -0.15) is 0 Å². The van der Waals surface area contributed by atoms with E-state index in [-0.39, 0.29) is 5.56 Å². The van der Waals surface area contributed by atoms with Crippen molar-refractivity contribution in [3.63, 3.8) is 0 Å². The van der Waals surface area contributed by atoms with Crippen LogP contribution in [0, 0.1) is 0 Å². The molecule has 16 heavy (non-hydrogen) atoms. The zero-order valence-corrected chi connectivity index (χ0v) is 9.55. The Morgan fingerprint density at radius 2 is 1.81 bits per heavy atom. The molecule has 0 aliphatic heterocycles. The third-order valence-electron chi connectivity index (χ3n) is 1.37. The fourth-order valence-electron chi connectivity index (χ4n) is 0.753. The highest BCUT2D eigenvalue weighted by molar-refractivity contribution is 5.25. The fraction of sp³-hybridized carbons (Fsp3) is 0.167. The van der Waals surface area contributed by atoms with Crippen LogP contribution >= 0.6 is 0 Å². The van der Waals surface area contributed by atoms with Crippen LogP contribution in [0.4, 0.5) is 5.82 Å². The minimum absolute atomic E-state index is 0.0532. The Bertz CT molecular complexity index is 394. The van der Waals surface area contributed by atoms with Crippen LogP contribution in [0.25, 0.3) is 0 Å². The van der Waals surface area contributed by atoms with Crippen LogP contribution in [0.15, 0.2) is 53.6 Å². The van der Waals surface area contributed by atoms with Gasteiger partial charge < -0.3 is 10.7 Å². The fourth-order valence-corrected chi connectivity index (χ4v) is 0.753. The molecule has 2 aromatic rings. The smallest absolute Gasteiger partial charge is 0.247 e. The SMILES string of the molecule is CC.Nc1ccccn1.O=c1cccc[nH]1. The maximum Gasteiger partial charge on any atom is 0.247 e. The number of nitrogens with two attached hydrogens (primary N) is 1. The summed E-state index contributed by atoms with van der Waals surface area (Å²) in [6, 6.07) is 10.4. The molecular weight excluding hydrogens is 202 g/mol. The molecule has 0 radical (unpaired) electrons. The van der Waals surface area contributed by atoms with E-state index in [1.807, 2.05) is 26.0 Å². The predicted octanol–water partition coefficient (Wildman–Crippen LogP) is 2.06. The molecule has 4 heteroatoms. The maximum atomic E-state index is 10.2. The van der Waals surface area contributed by atoms with E-state index in [2.05, 4.69) is 9.97 Å². The first kappa shape index (κ1) is 13.9. The maximum absolute atomic E-state index is 10.2. The van der Waals surface area contributed by atoms with Gasteiger partial charge in [0.1, 0.15) is 5.82 Å². The van der Waals surface area contributed by atoms with Crippen molar-refractivity contribution in [1.29, 1.82) is 0 Å². The number of hydrogen-bond donors (Lipinski definition) is 2. The highest BCUT2D eigenvalue weighted by Gasteiger charge is 1.73. The number of nitrogens with zero attached hydrogens (tertiary/aromatic N) is 1. The second-order valence-electron chi connectivity index (χ2n) is 2.48. The van der Waals surface area contributed by atoms with E-state index in [1.54, 1.807) is 30.6 Å². The van der Waals surface area contributed by atoms with E-state index >= 15 is 0 Å². The second kappa shape index (κ2) is 9.45.